The van der Waals surface area contributed by atoms with Crippen molar-refractivity contribution in [1.29, 1.82) is 0 Å². The number of hydrogen-bond acceptors (Lipinski definition) is 7. The van der Waals surface area contributed by atoms with E-state index in [1.807, 2.05) is 36.4 Å². The summed E-state index contributed by atoms with van der Waals surface area (Å²) < 4.78 is 34.8. The first-order chi connectivity index (χ1) is 22.5. The molecule has 4 heterocycles. The molecule has 1 atom stereocenters. The van der Waals surface area contributed by atoms with Gasteiger partial charge in [-0.05, 0) is 56.5 Å². The maximum absolute atomic E-state index is 14.3. The molecule has 0 aliphatic heterocycles. The molecule has 0 saturated heterocycles. The van der Waals surface area contributed by atoms with Crippen LogP contribution in [0.5, 0.6) is 0 Å². The highest BCUT2D eigenvalue weighted by Crippen LogP contribution is 2.25. The van der Waals surface area contributed by atoms with E-state index in [4.69, 9.17) is 0 Å². The van der Waals surface area contributed by atoms with E-state index in [1.165, 1.54) is 10.7 Å². The van der Waals surface area contributed by atoms with Gasteiger partial charge in [0.15, 0.2) is 11.5 Å². The van der Waals surface area contributed by atoms with Crippen LogP contribution in [-0.2, 0) is 17.3 Å². The van der Waals surface area contributed by atoms with Crippen molar-refractivity contribution in [3.05, 3.63) is 118 Å². The standard InChI is InChI=1S/C33H31N9O4S/c1-21(2)38-47(45,46)39-30-29(31-34-16-9-17-41(31)37-30)32(43)36-22(3)27-18-25-11-8-10-24(15-14-23-19-35-40(4)20-23)28(25)33(44)42(27)26-12-6-5-7-13-26/h5-13,16-22,38H,1-4H3,(H,36,43)(H,37,39)/t22-/m1/s1. The predicted molar refractivity (Wildman–Crippen MR) is 178 cm³/mol. The summed E-state index contributed by atoms with van der Waals surface area (Å²) in [6.07, 6.45) is 6.48. The molecule has 2 aromatic carbocycles. The number of para-hydroxylation sites is 1. The Morgan fingerprint density at radius 1 is 1.00 bits per heavy atom. The third-order valence-electron chi connectivity index (χ3n) is 7.17. The number of benzene rings is 2. The molecule has 1 amide bonds. The molecule has 0 aliphatic rings. The minimum absolute atomic E-state index is 0.0751. The zero-order valence-corrected chi connectivity index (χ0v) is 26.8. The fourth-order valence-electron chi connectivity index (χ4n) is 5.25. The number of pyridine rings is 1. The molecule has 6 rings (SSSR count). The van der Waals surface area contributed by atoms with Crippen LogP contribution in [0, 0.1) is 11.8 Å². The van der Waals surface area contributed by atoms with Gasteiger partial charge < -0.3 is 5.32 Å². The van der Waals surface area contributed by atoms with E-state index < -0.39 is 28.2 Å². The normalized spacial score (nSPS) is 12.2. The Hall–Kier alpha value is -5.78. The lowest BCUT2D eigenvalue weighted by molar-refractivity contribution is 0.0941. The monoisotopic (exact) mass is 649 g/mol. The van der Waals surface area contributed by atoms with Crippen molar-refractivity contribution in [3.63, 3.8) is 0 Å². The second-order valence-corrected chi connectivity index (χ2v) is 12.6. The number of nitrogens with zero attached hydrogens (tertiary/aromatic N) is 6. The number of nitrogens with one attached hydrogen (secondary N) is 3. The van der Waals surface area contributed by atoms with Gasteiger partial charge in [0.1, 0.15) is 5.56 Å². The van der Waals surface area contributed by atoms with E-state index in [0.717, 1.165) is 0 Å². The molecule has 3 N–H and O–H groups in total. The fraction of sp³-hybridized carbons (Fsp3) is 0.182. The van der Waals surface area contributed by atoms with E-state index >= 15 is 0 Å². The lowest BCUT2D eigenvalue weighted by atomic mass is 10.0. The van der Waals surface area contributed by atoms with Gasteiger partial charge in [-0.1, -0.05) is 42.2 Å². The quantitative estimate of drug-likeness (QED) is 0.214. The number of carbonyl (C=O) groups excluding carboxylic acids is 1. The molecular weight excluding hydrogens is 618 g/mol. The highest BCUT2D eigenvalue weighted by molar-refractivity contribution is 7.90. The lowest BCUT2D eigenvalue weighted by Crippen LogP contribution is -2.36. The maximum Gasteiger partial charge on any atom is 0.300 e. The van der Waals surface area contributed by atoms with E-state index in [2.05, 4.69) is 41.8 Å². The average Bonchev–Trinajstić information content (AvgIpc) is 3.61. The summed E-state index contributed by atoms with van der Waals surface area (Å²) in [4.78, 5) is 32.5. The molecule has 0 radical (unpaired) electrons. The number of carbonyl (C=O) groups is 1. The molecule has 4 aromatic heterocycles. The first-order valence-corrected chi connectivity index (χ1v) is 16.2. The first-order valence-electron chi connectivity index (χ1n) is 14.7. The van der Waals surface area contributed by atoms with E-state index in [9.17, 15) is 18.0 Å². The topological polar surface area (TPSA) is 157 Å². The molecule has 0 saturated carbocycles. The average molecular weight is 650 g/mol. The van der Waals surface area contributed by atoms with Gasteiger partial charge in [0.25, 0.3) is 11.5 Å². The second kappa shape index (κ2) is 12.5. The van der Waals surface area contributed by atoms with Crippen LogP contribution < -0.4 is 20.3 Å². The van der Waals surface area contributed by atoms with Gasteiger partial charge in [-0.25, -0.2) is 9.50 Å². The van der Waals surface area contributed by atoms with Crippen LogP contribution in [0.2, 0.25) is 0 Å². The fourth-order valence-corrected chi connectivity index (χ4v) is 6.33. The van der Waals surface area contributed by atoms with Crippen molar-refractivity contribution in [2.45, 2.75) is 32.9 Å². The van der Waals surface area contributed by atoms with Crippen molar-refractivity contribution >= 4 is 38.4 Å². The van der Waals surface area contributed by atoms with Gasteiger partial charge in [-0.2, -0.15) is 18.2 Å². The number of amides is 1. The van der Waals surface area contributed by atoms with Crippen LogP contribution in [0.15, 0.2) is 90.2 Å². The van der Waals surface area contributed by atoms with Crippen LogP contribution in [0.3, 0.4) is 0 Å². The third kappa shape index (κ3) is 6.48. The second-order valence-electron chi connectivity index (χ2n) is 11.2. The van der Waals surface area contributed by atoms with Crippen molar-refractivity contribution in [1.82, 2.24) is 39.0 Å². The largest absolute Gasteiger partial charge is 0.344 e. The molecule has 14 heteroatoms. The molecule has 0 aliphatic carbocycles. The SMILES string of the molecule is CC(C)NS(=O)(=O)Nc1nn2cccnc2c1C(=O)N[C@H](C)c1cc2cccc(C#Cc3cnn(C)c3)c2c(=O)n1-c1ccccc1. The number of aryl methyl sites for hydroxylation is 1. The maximum atomic E-state index is 14.3. The molecule has 238 valence electrons. The van der Waals surface area contributed by atoms with Gasteiger partial charge in [0.05, 0.1) is 23.2 Å². The molecule has 0 spiro atoms. The summed E-state index contributed by atoms with van der Waals surface area (Å²) in [5, 5.41) is 12.4. The number of rotatable bonds is 8. The highest BCUT2D eigenvalue weighted by Gasteiger charge is 2.27. The summed E-state index contributed by atoms with van der Waals surface area (Å²) in [5.74, 6) is 5.37. The predicted octanol–water partition coefficient (Wildman–Crippen LogP) is 3.31. The highest BCUT2D eigenvalue weighted by atomic mass is 32.2. The molecule has 47 heavy (non-hydrogen) atoms. The van der Waals surface area contributed by atoms with Gasteiger partial charge in [-0.3, -0.25) is 23.6 Å². The summed E-state index contributed by atoms with van der Waals surface area (Å²) in [6.45, 7) is 5.09. The summed E-state index contributed by atoms with van der Waals surface area (Å²) >= 11 is 0. The summed E-state index contributed by atoms with van der Waals surface area (Å²) in [7, 11) is -2.26. The zero-order valence-electron chi connectivity index (χ0n) is 26.0. The molecule has 13 nitrogen and oxygen atoms in total. The Morgan fingerprint density at radius 2 is 1.79 bits per heavy atom. The van der Waals surface area contributed by atoms with Crippen LogP contribution >= 0.6 is 0 Å². The van der Waals surface area contributed by atoms with Crippen LogP contribution in [0.25, 0.3) is 22.1 Å². The van der Waals surface area contributed by atoms with E-state index in [1.54, 1.807) is 79.9 Å². The number of hydrogen-bond donors (Lipinski definition) is 3. The number of aromatic nitrogens is 6. The Kier molecular flexibility index (Phi) is 8.33. The minimum atomic E-state index is -4.06. The van der Waals surface area contributed by atoms with Gasteiger partial charge >= 0.3 is 10.2 Å². The Bertz CT molecular complexity index is 2370. The van der Waals surface area contributed by atoms with Crippen molar-refractivity contribution in [2.75, 3.05) is 4.72 Å². The lowest BCUT2D eigenvalue weighted by Gasteiger charge is -2.21. The van der Waals surface area contributed by atoms with Crippen LogP contribution in [-0.4, -0.2) is 49.3 Å². The first kappa shape index (κ1) is 31.2. The van der Waals surface area contributed by atoms with Crippen LogP contribution in [0.1, 0.15) is 54.0 Å². The van der Waals surface area contributed by atoms with Gasteiger partial charge in [-0.15, -0.1) is 5.10 Å². The summed E-state index contributed by atoms with van der Waals surface area (Å²) in [5.41, 5.74) is 2.11. The molecule has 0 bridgehead atoms. The van der Waals surface area contributed by atoms with Crippen molar-refractivity contribution < 1.29 is 13.2 Å². The Morgan fingerprint density at radius 3 is 2.51 bits per heavy atom. The molecule has 0 unspecified atom stereocenters. The molecular formula is C33H31N9O4S. The third-order valence-corrected chi connectivity index (χ3v) is 8.42. The van der Waals surface area contributed by atoms with Gasteiger partial charge in [0, 0.05) is 48.6 Å². The van der Waals surface area contributed by atoms with Gasteiger partial charge in [0.2, 0.25) is 0 Å². The Balaban J connectivity index is 1.44. The van der Waals surface area contributed by atoms with Crippen molar-refractivity contribution in [2.24, 2.45) is 7.05 Å². The van der Waals surface area contributed by atoms with E-state index in [-0.39, 0.29) is 22.6 Å². The van der Waals surface area contributed by atoms with Crippen molar-refractivity contribution in [3.8, 4) is 17.5 Å². The van der Waals surface area contributed by atoms with E-state index in [0.29, 0.717) is 33.3 Å². The van der Waals surface area contributed by atoms with Crippen LogP contribution in [0.4, 0.5) is 5.82 Å². The number of anilines is 1. The molecule has 0 fully saturated rings. The summed E-state index contributed by atoms with van der Waals surface area (Å²) in [6, 6.07) is 16.9. The molecule has 6 aromatic rings. The Labute approximate surface area is 270 Å². The number of fused-ring (bicyclic) bond motifs is 2. The zero-order chi connectivity index (χ0) is 33.3. The smallest absolute Gasteiger partial charge is 0.300 e. The minimum Gasteiger partial charge on any atom is -0.344 e.